The van der Waals surface area contributed by atoms with E-state index < -0.39 is 5.54 Å². The van der Waals surface area contributed by atoms with Crippen LogP contribution in [-0.4, -0.2) is 68.2 Å². The Morgan fingerprint density at radius 3 is 2.38 bits per heavy atom. The second kappa shape index (κ2) is 8.14. The van der Waals surface area contributed by atoms with Gasteiger partial charge in [0, 0.05) is 26.7 Å². The molecule has 2 aliphatic heterocycles. The molecule has 0 unspecified atom stereocenters. The van der Waals surface area contributed by atoms with E-state index in [2.05, 4.69) is 25.8 Å². The number of rotatable bonds is 5. The predicted molar refractivity (Wildman–Crippen MR) is 121 cm³/mol. The minimum absolute atomic E-state index is 0.0876. The van der Waals surface area contributed by atoms with Gasteiger partial charge >= 0.3 is 6.03 Å². The Labute approximate surface area is 190 Å². The second-order valence-corrected chi connectivity index (χ2v) is 9.00. The summed E-state index contributed by atoms with van der Waals surface area (Å²) in [7, 11) is 3.37. The molecular formula is C23H25N5O3S. The Morgan fingerprint density at radius 2 is 1.66 bits per heavy atom. The monoisotopic (exact) mass is 451 g/mol. The second-order valence-electron chi connectivity index (χ2n) is 8.48. The summed E-state index contributed by atoms with van der Waals surface area (Å²) in [6.07, 6.45) is 1.27. The van der Waals surface area contributed by atoms with Crippen LogP contribution in [0.5, 0.6) is 5.75 Å². The number of amides is 3. The Balaban J connectivity index is 1.26. The number of methoxy groups -OCH3 is 1. The van der Waals surface area contributed by atoms with Gasteiger partial charge in [-0.25, -0.2) is 4.79 Å². The van der Waals surface area contributed by atoms with Gasteiger partial charge in [-0.05, 0) is 48.2 Å². The van der Waals surface area contributed by atoms with E-state index in [4.69, 9.17) is 4.74 Å². The largest absolute Gasteiger partial charge is 0.497 e. The number of likely N-dealkylation sites (N-methyl/N-ethyl adjacent to an activating group) is 1. The summed E-state index contributed by atoms with van der Waals surface area (Å²) in [5, 5.41) is 0. The highest BCUT2D eigenvalue weighted by Gasteiger charge is 2.56. The minimum Gasteiger partial charge on any atom is -0.497 e. The third-order valence-electron chi connectivity index (χ3n) is 6.71. The predicted octanol–water partition coefficient (Wildman–Crippen LogP) is 3.13. The highest BCUT2D eigenvalue weighted by atomic mass is 32.1. The Bertz CT molecular complexity index is 1150. The fourth-order valence-corrected chi connectivity index (χ4v) is 5.23. The van der Waals surface area contributed by atoms with Crippen molar-refractivity contribution in [2.75, 3.05) is 27.2 Å². The van der Waals surface area contributed by atoms with Gasteiger partial charge in [0.1, 0.15) is 22.3 Å². The van der Waals surface area contributed by atoms with Gasteiger partial charge < -0.3 is 9.64 Å². The van der Waals surface area contributed by atoms with Crippen molar-refractivity contribution in [3.8, 4) is 5.75 Å². The molecule has 0 N–H and O–H groups in total. The molecule has 0 aliphatic carbocycles. The zero-order valence-corrected chi connectivity index (χ0v) is 19.0. The fraction of sp³-hybridized carbons (Fsp3) is 0.391. The van der Waals surface area contributed by atoms with E-state index in [0.29, 0.717) is 12.8 Å². The van der Waals surface area contributed by atoms with Crippen LogP contribution in [0.15, 0.2) is 42.5 Å². The molecule has 1 aromatic heterocycles. The SMILES string of the molecule is COc1ccc(CN2C(=O)N(C)C3(CCN(Cc4ccc5nsnc5c4)CC3)C2=O)cc1. The van der Waals surface area contributed by atoms with Gasteiger partial charge in [-0.3, -0.25) is 14.6 Å². The van der Waals surface area contributed by atoms with Crippen LogP contribution in [0.2, 0.25) is 0 Å². The van der Waals surface area contributed by atoms with Crippen LogP contribution in [0, 0.1) is 0 Å². The molecule has 9 heteroatoms. The molecule has 32 heavy (non-hydrogen) atoms. The third kappa shape index (κ3) is 3.51. The molecule has 3 aromatic rings. The van der Waals surface area contributed by atoms with E-state index in [1.807, 2.05) is 30.3 Å². The highest BCUT2D eigenvalue weighted by Crippen LogP contribution is 2.37. The molecule has 2 aliphatic rings. The Kier molecular flexibility index (Phi) is 5.30. The number of urea groups is 1. The minimum atomic E-state index is -0.747. The van der Waals surface area contributed by atoms with E-state index in [0.717, 1.165) is 42.0 Å². The zero-order chi connectivity index (χ0) is 22.3. The first kappa shape index (κ1) is 20.8. The first-order valence-electron chi connectivity index (χ1n) is 10.7. The van der Waals surface area contributed by atoms with Gasteiger partial charge in [0.15, 0.2) is 0 Å². The van der Waals surface area contributed by atoms with Crippen molar-refractivity contribution < 1.29 is 14.3 Å². The Hall–Kier alpha value is -3.04. The Morgan fingerprint density at radius 1 is 0.969 bits per heavy atom. The number of carbonyl (C=O) groups is 2. The lowest BCUT2D eigenvalue weighted by Crippen LogP contribution is -2.55. The number of hydrogen-bond donors (Lipinski definition) is 0. The number of benzene rings is 2. The van der Waals surface area contributed by atoms with Gasteiger partial charge in [0.05, 0.1) is 25.4 Å². The molecule has 166 valence electrons. The molecule has 2 fully saturated rings. The van der Waals surface area contributed by atoms with Crippen LogP contribution in [-0.2, 0) is 17.9 Å². The molecule has 1 spiro atoms. The standard InChI is InChI=1S/C23H25N5O3S/c1-26-22(30)28(15-16-3-6-18(31-2)7-4-16)21(29)23(26)9-11-27(12-10-23)14-17-5-8-19-20(13-17)25-32-24-19/h3-8,13H,9-12,14-15H2,1-2H3. The molecule has 0 radical (unpaired) electrons. The quantitative estimate of drug-likeness (QED) is 0.555. The molecular weight excluding hydrogens is 426 g/mol. The van der Waals surface area contributed by atoms with Crippen molar-refractivity contribution in [1.29, 1.82) is 0 Å². The lowest BCUT2D eigenvalue weighted by atomic mass is 9.86. The highest BCUT2D eigenvalue weighted by molar-refractivity contribution is 7.00. The maximum Gasteiger partial charge on any atom is 0.327 e. The van der Waals surface area contributed by atoms with Crippen molar-refractivity contribution in [3.63, 3.8) is 0 Å². The van der Waals surface area contributed by atoms with Gasteiger partial charge in [0.25, 0.3) is 5.91 Å². The summed E-state index contributed by atoms with van der Waals surface area (Å²) in [5.74, 6) is 0.661. The van der Waals surface area contributed by atoms with Crippen LogP contribution in [0.4, 0.5) is 4.79 Å². The lowest BCUT2D eigenvalue weighted by molar-refractivity contribution is -0.135. The summed E-state index contributed by atoms with van der Waals surface area (Å²) in [4.78, 5) is 31.8. The van der Waals surface area contributed by atoms with Crippen LogP contribution in [0.3, 0.4) is 0 Å². The average Bonchev–Trinajstić information content (AvgIpc) is 3.35. The molecule has 2 aromatic carbocycles. The van der Waals surface area contributed by atoms with Crippen molar-refractivity contribution >= 4 is 34.7 Å². The van der Waals surface area contributed by atoms with E-state index >= 15 is 0 Å². The molecule has 0 saturated carbocycles. The van der Waals surface area contributed by atoms with Crippen molar-refractivity contribution in [3.05, 3.63) is 53.6 Å². The van der Waals surface area contributed by atoms with Crippen LogP contribution < -0.4 is 4.74 Å². The number of nitrogens with zero attached hydrogens (tertiary/aromatic N) is 5. The number of carbonyl (C=O) groups excluding carboxylic acids is 2. The van der Waals surface area contributed by atoms with Crippen molar-refractivity contribution in [1.82, 2.24) is 23.4 Å². The number of imide groups is 1. The van der Waals surface area contributed by atoms with E-state index in [9.17, 15) is 9.59 Å². The molecule has 8 nitrogen and oxygen atoms in total. The maximum atomic E-state index is 13.4. The summed E-state index contributed by atoms with van der Waals surface area (Å²) in [6.45, 7) is 2.59. The summed E-state index contributed by atoms with van der Waals surface area (Å²) in [5.41, 5.74) is 3.19. The molecule has 5 rings (SSSR count). The van der Waals surface area contributed by atoms with Crippen LogP contribution in [0.25, 0.3) is 11.0 Å². The number of hydrogen-bond acceptors (Lipinski definition) is 7. The normalized spacial score (nSPS) is 18.8. The molecule has 2 saturated heterocycles. The third-order valence-corrected chi connectivity index (χ3v) is 7.27. The number of likely N-dealkylation sites (tertiary alicyclic amines) is 1. The van der Waals surface area contributed by atoms with Crippen LogP contribution >= 0.6 is 11.7 Å². The topological polar surface area (TPSA) is 78.9 Å². The average molecular weight is 452 g/mol. The number of fused-ring (bicyclic) bond motifs is 1. The molecule has 0 bridgehead atoms. The van der Waals surface area contributed by atoms with E-state index in [-0.39, 0.29) is 18.5 Å². The van der Waals surface area contributed by atoms with E-state index in [1.54, 1.807) is 19.1 Å². The molecule has 3 amide bonds. The summed E-state index contributed by atoms with van der Waals surface area (Å²) in [6, 6.07) is 13.4. The smallest absolute Gasteiger partial charge is 0.327 e. The molecule has 0 atom stereocenters. The van der Waals surface area contributed by atoms with Gasteiger partial charge in [-0.15, -0.1) is 0 Å². The first-order valence-corrected chi connectivity index (χ1v) is 11.4. The number of piperidine rings is 1. The van der Waals surface area contributed by atoms with Gasteiger partial charge in [-0.2, -0.15) is 8.75 Å². The van der Waals surface area contributed by atoms with Gasteiger partial charge in [0.2, 0.25) is 0 Å². The lowest BCUT2D eigenvalue weighted by Gasteiger charge is -2.40. The zero-order valence-electron chi connectivity index (χ0n) is 18.2. The fourth-order valence-electron chi connectivity index (χ4n) is 4.71. The maximum absolute atomic E-state index is 13.4. The van der Waals surface area contributed by atoms with Crippen LogP contribution in [0.1, 0.15) is 24.0 Å². The van der Waals surface area contributed by atoms with Crippen molar-refractivity contribution in [2.24, 2.45) is 0 Å². The summed E-state index contributed by atoms with van der Waals surface area (Å²) < 4.78 is 13.8. The molecule has 3 heterocycles. The van der Waals surface area contributed by atoms with Crippen molar-refractivity contribution in [2.45, 2.75) is 31.5 Å². The number of aromatic nitrogens is 2. The van der Waals surface area contributed by atoms with E-state index in [1.165, 1.54) is 22.2 Å². The summed E-state index contributed by atoms with van der Waals surface area (Å²) >= 11 is 1.22. The first-order chi connectivity index (χ1) is 15.5. The number of ether oxygens (including phenoxy) is 1. The van der Waals surface area contributed by atoms with Gasteiger partial charge in [-0.1, -0.05) is 18.2 Å².